The van der Waals surface area contributed by atoms with Crippen molar-refractivity contribution in [3.63, 3.8) is 0 Å². The molecule has 2 aromatic carbocycles. The summed E-state index contributed by atoms with van der Waals surface area (Å²) in [4.78, 5) is 43.9. The second kappa shape index (κ2) is 12.5. The molecule has 0 aliphatic carbocycles. The van der Waals surface area contributed by atoms with Crippen LogP contribution < -0.4 is 10.6 Å². The summed E-state index contributed by atoms with van der Waals surface area (Å²) in [5, 5.41) is 8.37. The number of halogens is 1. The lowest BCUT2D eigenvalue weighted by molar-refractivity contribution is -0.121. The molecule has 1 aromatic heterocycles. The SMILES string of the molecule is CC(C)CN(CC(=O)Nc1nc(CC(=O)NC(C)c2ccccc2)cs1)C(=O)c1ccc(Cl)cc1. The fourth-order valence-electron chi connectivity index (χ4n) is 3.49. The molecule has 0 bridgehead atoms. The molecular formula is C26H29ClN4O3S. The maximum Gasteiger partial charge on any atom is 0.254 e. The molecule has 35 heavy (non-hydrogen) atoms. The van der Waals surface area contributed by atoms with Crippen LogP contribution in [0, 0.1) is 5.92 Å². The Balaban J connectivity index is 1.56. The minimum atomic E-state index is -0.351. The Kier molecular flexibility index (Phi) is 9.39. The van der Waals surface area contributed by atoms with Gasteiger partial charge in [0.1, 0.15) is 6.54 Å². The van der Waals surface area contributed by atoms with E-state index in [9.17, 15) is 14.4 Å². The third-order valence-electron chi connectivity index (χ3n) is 5.12. The Hall–Kier alpha value is -3.23. The average Bonchev–Trinajstić information content (AvgIpc) is 3.25. The Bertz CT molecular complexity index is 1150. The van der Waals surface area contributed by atoms with Gasteiger partial charge in [-0.1, -0.05) is 55.8 Å². The Morgan fingerprint density at radius 2 is 1.69 bits per heavy atom. The van der Waals surface area contributed by atoms with Crippen molar-refractivity contribution < 1.29 is 14.4 Å². The lowest BCUT2D eigenvalue weighted by atomic mass is 10.1. The molecule has 7 nitrogen and oxygen atoms in total. The monoisotopic (exact) mass is 512 g/mol. The predicted octanol–water partition coefficient (Wildman–Crippen LogP) is 4.95. The van der Waals surface area contributed by atoms with E-state index < -0.39 is 0 Å². The molecular weight excluding hydrogens is 484 g/mol. The van der Waals surface area contributed by atoms with Gasteiger partial charge in [0.05, 0.1) is 18.2 Å². The van der Waals surface area contributed by atoms with Crippen LogP contribution in [0.1, 0.15) is 48.4 Å². The van der Waals surface area contributed by atoms with E-state index in [0.29, 0.717) is 28.0 Å². The largest absolute Gasteiger partial charge is 0.349 e. The number of carbonyl (C=O) groups excluding carboxylic acids is 3. The first-order valence-electron chi connectivity index (χ1n) is 11.3. The maximum atomic E-state index is 12.9. The number of amides is 3. The van der Waals surface area contributed by atoms with Gasteiger partial charge in [-0.3, -0.25) is 14.4 Å². The molecule has 3 amide bonds. The van der Waals surface area contributed by atoms with Gasteiger partial charge in [-0.05, 0) is 42.7 Å². The third kappa shape index (κ3) is 8.19. The van der Waals surface area contributed by atoms with Gasteiger partial charge in [-0.2, -0.15) is 0 Å². The zero-order valence-electron chi connectivity index (χ0n) is 20.0. The molecule has 0 saturated heterocycles. The lowest BCUT2D eigenvalue weighted by Crippen LogP contribution is -2.40. The minimum absolute atomic E-state index is 0.108. The summed E-state index contributed by atoms with van der Waals surface area (Å²) in [5.41, 5.74) is 2.06. The van der Waals surface area contributed by atoms with E-state index in [0.717, 1.165) is 5.56 Å². The maximum absolute atomic E-state index is 12.9. The van der Waals surface area contributed by atoms with Crippen LogP contribution >= 0.6 is 22.9 Å². The molecule has 184 valence electrons. The van der Waals surface area contributed by atoms with E-state index in [1.165, 1.54) is 16.2 Å². The third-order valence-corrected chi connectivity index (χ3v) is 6.17. The molecule has 0 saturated carbocycles. The summed E-state index contributed by atoms with van der Waals surface area (Å²) < 4.78 is 0. The van der Waals surface area contributed by atoms with Gasteiger partial charge < -0.3 is 15.5 Å². The number of thiazole rings is 1. The molecule has 0 aliphatic heterocycles. The molecule has 1 unspecified atom stereocenters. The molecule has 2 N–H and O–H groups in total. The molecule has 3 aromatic rings. The lowest BCUT2D eigenvalue weighted by Gasteiger charge is -2.24. The Labute approximate surface area is 214 Å². The fraction of sp³-hybridized carbons (Fsp3) is 0.308. The van der Waals surface area contributed by atoms with Crippen molar-refractivity contribution in [1.29, 1.82) is 0 Å². The molecule has 0 fully saturated rings. The van der Waals surface area contributed by atoms with Gasteiger partial charge >= 0.3 is 0 Å². The minimum Gasteiger partial charge on any atom is -0.349 e. The van der Waals surface area contributed by atoms with Crippen LogP contribution in [0.15, 0.2) is 60.0 Å². The molecule has 3 rings (SSSR count). The zero-order valence-corrected chi connectivity index (χ0v) is 21.5. The Morgan fingerprint density at radius 3 is 2.34 bits per heavy atom. The molecule has 0 radical (unpaired) electrons. The number of rotatable bonds is 10. The van der Waals surface area contributed by atoms with Gasteiger partial charge in [0.2, 0.25) is 11.8 Å². The van der Waals surface area contributed by atoms with Crippen LogP contribution in [0.2, 0.25) is 5.02 Å². The zero-order chi connectivity index (χ0) is 25.4. The number of benzene rings is 2. The smallest absolute Gasteiger partial charge is 0.254 e. The number of carbonyl (C=O) groups is 3. The summed E-state index contributed by atoms with van der Waals surface area (Å²) in [6, 6.07) is 16.2. The normalized spacial score (nSPS) is 11.7. The van der Waals surface area contributed by atoms with Crippen LogP contribution in [-0.2, 0) is 16.0 Å². The van der Waals surface area contributed by atoms with Crippen molar-refractivity contribution in [1.82, 2.24) is 15.2 Å². The number of aromatic nitrogens is 1. The number of nitrogens with one attached hydrogen (secondary N) is 2. The Morgan fingerprint density at radius 1 is 1.00 bits per heavy atom. The molecule has 9 heteroatoms. The van der Waals surface area contributed by atoms with E-state index in [-0.39, 0.29) is 42.6 Å². The second-order valence-corrected chi connectivity index (χ2v) is 9.95. The quantitative estimate of drug-likeness (QED) is 0.402. The van der Waals surface area contributed by atoms with E-state index in [4.69, 9.17) is 11.6 Å². The summed E-state index contributed by atoms with van der Waals surface area (Å²) in [7, 11) is 0. The van der Waals surface area contributed by atoms with Crippen molar-refractivity contribution in [3.8, 4) is 0 Å². The van der Waals surface area contributed by atoms with Crippen molar-refractivity contribution in [2.24, 2.45) is 5.92 Å². The first-order valence-corrected chi connectivity index (χ1v) is 12.6. The summed E-state index contributed by atoms with van der Waals surface area (Å²) in [5.74, 6) is -0.561. The van der Waals surface area contributed by atoms with Crippen molar-refractivity contribution in [3.05, 3.63) is 81.8 Å². The number of hydrogen-bond acceptors (Lipinski definition) is 5. The molecule has 1 atom stereocenters. The van der Waals surface area contributed by atoms with Gasteiger partial charge in [0, 0.05) is 22.5 Å². The van der Waals surface area contributed by atoms with Crippen LogP contribution in [0.5, 0.6) is 0 Å². The first kappa shape index (κ1) is 26.4. The fourth-order valence-corrected chi connectivity index (χ4v) is 4.35. The number of anilines is 1. The van der Waals surface area contributed by atoms with Crippen molar-refractivity contribution in [2.45, 2.75) is 33.2 Å². The van der Waals surface area contributed by atoms with Gasteiger partial charge in [-0.25, -0.2) is 4.98 Å². The summed E-state index contributed by atoms with van der Waals surface area (Å²) in [6.07, 6.45) is 0.109. The standard InChI is InChI=1S/C26H29ClN4O3S/c1-17(2)14-31(25(34)20-9-11-21(27)12-10-20)15-24(33)30-26-29-22(16-35-26)13-23(32)28-18(3)19-7-5-4-6-8-19/h4-12,16-18H,13-15H2,1-3H3,(H,28,32)(H,29,30,33). The van der Waals surface area contributed by atoms with Gasteiger partial charge in [-0.15, -0.1) is 11.3 Å². The van der Waals surface area contributed by atoms with E-state index in [1.54, 1.807) is 29.6 Å². The number of nitrogens with zero attached hydrogens (tertiary/aromatic N) is 2. The summed E-state index contributed by atoms with van der Waals surface area (Å²) >= 11 is 7.16. The number of hydrogen-bond donors (Lipinski definition) is 2. The average molecular weight is 513 g/mol. The van der Waals surface area contributed by atoms with E-state index in [1.807, 2.05) is 51.1 Å². The molecule has 0 spiro atoms. The topological polar surface area (TPSA) is 91.4 Å². The van der Waals surface area contributed by atoms with Gasteiger partial charge in [0.25, 0.3) is 5.91 Å². The van der Waals surface area contributed by atoms with Gasteiger partial charge in [0.15, 0.2) is 5.13 Å². The van der Waals surface area contributed by atoms with Crippen LogP contribution in [0.4, 0.5) is 5.13 Å². The predicted molar refractivity (Wildman–Crippen MR) is 140 cm³/mol. The van der Waals surface area contributed by atoms with Crippen LogP contribution in [0.3, 0.4) is 0 Å². The summed E-state index contributed by atoms with van der Waals surface area (Å²) in [6.45, 7) is 6.21. The van der Waals surface area contributed by atoms with Crippen molar-refractivity contribution >= 4 is 45.8 Å². The highest BCUT2D eigenvalue weighted by molar-refractivity contribution is 7.13. The molecule has 0 aliphatic rings. The van der Waals surface area contributed by atoms with Crippen LogP contribution in [-0.4, -0.2) is 40.7 Å². The highest BCUT2D eigenvalue weighted by Crippen LogP contribution is 2.18. The molecule has 1 heterocycles. The van der Waals surface area contributed by atoms with Crippen molar-refractivity contribution in [2.75, 3.05) is 18.4 Å². The highest BCUT2D eigenvalue weighted by atomic mass is 35.5. The second-order valence-electron chi connectivity index (χ2n) is 8.66. The van der Waals surface area contributed by atoms with E-state index >= 15 is 0 Å². The van der Waals surface area contributed by atoms with Crippen LogP contribution in [0.25, 0.3) is 0 Å². The van der Waals surface area contributed by atoms with E-state index in [2.05, 4.69) is 15.6 Å². The first-order chi connectivity index (χ1) is 16.7. The highest BCUT2D eigenvalue weighted by Gasteiger charge is 2.21.